The maximum atomic E-state index is 13.0. The molecule has 2 heterocycles. The molecule has 5 nitrogen and oxygen atoms in total. The van der Waals surface area contributed by atoms with Gasteiger partial charge in [0, 0.05) is 23.9 Å². The Balaban J connectivity index is 2.05. The Kier molecular flexibility index (Phi) is 3.16. The summed E-state index contributed by atoms with van der Waals surface area (Å²) in [4.78, 5) is 13.0. The van der Waals surface area contributed by atoms with E-state index in [0.717, 1.165) is 33.3 Å². The summed E-state index contributed by atoms with van der Waals surface area (Å²) in [5.74, 6) is 0.764. The summed E-state index contributed by atoms with van der Waals surface area (Å²) in [7, 11) is 3.53. The second kappa shape index (κ2) is 5.23. The second-order valence-corrected chi connectivity index (χ2v) is 5.90. The number of ether oxygens (including phenoxy) is 1. The maximum Gasteiger partial charge on any atom is 0.296 e. The molecule has 0 spiro atoms. The van der Waals surface area contributed by atoms with E-state index in [0.29, 0.717) is 5.52 Å². The van der Waals surface area contributed by atoms with Crippen LogP contribution in [0, 0.1) is 6.92 Å². The van der Waals surface area contributed by atoms with Gasteiger partial charge >= 0.3 is 0 Å². The molecule has 2 aromatic heterocycles. The molecule has 0 unspecified atom stereocenters. The Morgan fingerprint density at radius 2 is 1.79 bits per heavy atom. The van der Waals surface area contributed by atoms with E-state index >= 15 is 0 Å². The normalized spacial score (nSPS) is 11.3. The minimum atomic E-state index is -0.131. The third-order valence-electron chi connectivity index (χ3n) is 4.42. The summed E-state index contributed by atoms with van der Waals surface area (Å²) in [5, 5.41) is 6.22. The predicted octanol–water partition coefficient (Wildman–Crippen LogP) is 3.19. The first-order chi connectivity index (χ1) is 11.6. The van der Waals surface area contributed by atoms with Crippen molar-refractivity contribution in [1.82, 2.24) is 14.3 Å². The van der Waals surface area contributed by atoms with Gasteiger partial charge in [-0.25, -0.2) is 0 Å². The second-order valence-electron chi connectivity index (χ2n) is 5.90. The first-order valence-electron chi connectivity index (χ1n) is 7.71. The van der Waals surface area contributed by atoms with Gasteiger partial charge < -0.3 is 9.30 Å². The number of benzene rings is 2. The van der Waals surface area contributed by atoms with Crippen molar-refractivity contribution in [3.05, 3.63) is 64.6 Å². The van der Waals surface area contributed by atoms with Gasteiger partial charge in [-0.1, -0.05) is 17.7 Å². The van der Waals surface area contributed by atoms with Crippen molar-refractivity contribution in [2.24, 2.45) is 7.05 Å². The Labute approximate surface area is 138 Å². The van der Waals surface area contributed by atoms with E-state index in [4.69, 9.17) is 4.74 Å². The number of fused-ring (bicyclic) bond motifs is 3. The van der Waals surface area contributed by atoms with Crippen LogP contribution in [0.3, 0.4) is 0 Å². The van der Waals surface area contributed by atoms with Gasteiger partial charge in [-0.2, -0.15) is 9.78 Å². The maximum absolute atomic E-state index is 13.0. The summed E-state index contributed by atoms with van der Waals surface area (Å²) < 4.78 is 8.64. The monoisotopic (exact) mass is 319 g/mol. The Morgan fingerprint density at radius 3 is 2.50 bits per heavy atom. The van der Waals surface area contributed by atoms with E-state index < -0.39 is 0 Å². The van der Waals surface area contributed by atoms with Crippen LogP contribution in [0.1, 0.15) is 5.56 Å². The highest BCUT2D eigenvalue weighted by molar-refractivity contribution is 6.07. The number of hydrogen-bond donors (Lipinski definition) is 0. The highest BCUT2D eigenvalue weighted by Gasteiger charge is 2.15. The number of hydrogen-bond acceptors (Lipinski definition) is 3. The summed E-state index contributed by atoms with van der Waals surface area (Å²) in [6.45, 7) is 2.01. The molecule has 4 aromatic rings. The van der Waals surface area contributed by atoms with Gasteiger partial charge in [0.2, 0.25) is 0 Å². The van der Waals surface area contributed by atoms with E-state index in [1.807, 2.05) is 61.0 Å². The van der Waals surface area contributed by atoms with Gasteiger partial charge in [0.25, 0.3) is 5.56 Å². The van der Waals surface area contributed by atoms with Crippen LogP contribution in [0.2, 0.25) is 0 Å². The number of methoxy groups -OCH3 is 1. The smallest absolute Gasteiger partial charge is 0.296 e. The van der Waals surface area contributed by atoms with Gasteiger partial charge in [-0.05, 0) is 31.2 Å². The lowest BCUT2D eigenvalue weighted by molar-refractivity contribution is 0.415. The van der Waals surface area contributed by atoms with E-state index in [-0.39, 0.29) is 5.56 Å². The summed E-state index contributed by atoms with van der Waals surface area (Å²) in [6, 6.07) is 13.6. The van der Waals surface area contributed by atoms with Crippen LogP contribution >= 0.6 is 0 Å². The number of aromatic nitrogens is 3. The van der Waals surface area contributed by atoms with Crippen molar-refractivity contribution in [1.29, 1.82) is 0 Å². The fraction of sp³-hybridized carbons (Fsp3) is 0.158. The fourth-order valence-electron chi connectivity index (χ4n) is 3.10. The van der Waals surface area contributed by atoms with Gasteiger partial charge in [0.1, 0.15) is 11.3 Å². The first-order valence-corrected chi connectivity index (χ1v) is 7.71. The molecule has 5 heteroatoms. The summed E-state index contributed by atoms with van der Waals surface area (Å²) in [5.41, 5.74) is 3.35. The van der Waals surface area contributed by atoms with Crippen molar-refractivity contribution < 1.29 is 4.74 Å². The molecule has 120 valence electrons. The van der Waals surface area contributed by atoms with Gasteiger partial charge in [-0.15, -0.1) is 0 Å². The van der Waals surface area contributed by atoms with Crippen molar-refractivity contribution in [2.45, 2.75) is 6.92 Å². The summed E-state index contributed by atoms with van der Waals surface area (Å²) in [6.07, 6.45) is 1.76. The quantitative estimate of drug-likeness (QED) is 0.570. The standard InChI is InChI=1S/C19H17N3O2/c1-12-4-6-13(7-5-12)22-19(23)18-16(11-20-22)15-9-8-14(24-3)10-17(15)21(18)2/h4-11H,1-3H3. The van der Waals surface area contributed by atoms with Crippen molar-refractivity contribution >= 4 is 21.8 Å². The van der Waals surface area contributed by atoms with Crippen molar-refractivity contribution in [3.8, 4) is 11.4 Å². The molecule has 0 aliphatic heterocycles. The van der Waals surface area contributed by atoms with Crippen molar-refractivity contribution in [2.75, 3.05) is 7.11 Å². The lowest BCUT2D eigenvalue weighted by Crippen LogP contribution is -2.22. The molecule has 24 heavy (non-hydrogen) atoms. The lowest BCUT2D eigenvalue weighted by Gasteiger charge is -2.05. The third kappa shape index (κ3) is 2.01. The largest absolute Gasteiger partial charge is 0.497 e. The number of nitrogens with zero attached hydrogens (tertiary/aromatic N) is 3. The zero-order chi connectivity index (χ0) is 16.8. The van der Waals surface area contributed by atoms with Gasteiger partial charge in [0.05, 0.1) is 24.5 Å². The average molecular weight is 319 g/mol. The molecule has 0 amide bonds. The van der Waals surface area contributed by atoms with Crippen LogP contribution in [-0.2, 0) is 7.05 Å². The van der Waals surface area contributed by atoms with Crippen molar-refractivity contribution in [3.63, 3.8) is 0 Å². The topological polar surface area (TPSA) is 49.1 Å². The van der Waals surface area contributed by atoms with E-state index in [1.165, 1.54) is 4.68 Å². The molecule has 0 radical (unpaired) electrons. The van der Waals surface area contributed by atoms with Crippen LogP contribution in [0.5, 0.6) is 5.75 Å². The molecule has 0 aliphatic rings. The molecule has 0 bridgehead atoms. The molecule has 0 saturated heterocycles. The Hall–Kier alpha value is -3.08. The summed E-state index contributed by atoms with van der Waals surface area (Å²) >= 11 is 0. The van der Waals surface area contributed by atoms with Gasteiger partial charge in [-0.3, -0.25) is 4.79 Å². The average Bonchev–Trinajstić information content (AvgIpc) is 2.89. The molecular weight excluding hydrogens is 302 g/mol. The van der Waals surface area contributed by atoms with Crippen LogP contribution in [0.4, 0.5) is 0 Å². The Bertz CT molecular complexity index is 1120. The van der Waals surface area contributed by atoms with E-state index in [1.54, 1.807) is 13.3 Å². The molecule has 0 aliphatic carbocycles. The van der Waals surface area contributed by atoms with Crippen LogP contribution in [0.15, 0.2) is 53.5 Å². The minimum absolute atomic E-state index is 0.131. The number of rotatable bonds is 2. The Morgan fingerprint density at radius 1 is 1.04 bits per heavy atom. The van der Waals surface area contributed by atoms with Gasteiger partial charge in [0.15, 0.2) is 0 Å². The molecule has 0 fully saturated rings. The lowest BCUT2D eigenvalue weighted by atomic mass is 10.2. The molecule has 0 atom stereocenters. The molecular formula is C19H17N3O2. The molecule has 2 aromatic carbocycles. The zero-order valence-corrected chi connectivity index (χ0v) is 13.8. The van der Waals surface area contributed by atoms with Crippen LogP contribution in [-0.4, -0.2) is 21.5 Å². The third-order valence-corrected chi connectivity index (χ3v) is 4.42. The fourth-order valence-corrected chi connectivity index (χ4v) is 3.10. The predicted molar refractivity (Wildman–Crippen MR) is 95.1 cm³/mol. The van der Waals surface area contributed by atoms with Crippen LogP contribution < -0.4 is 10.3 Å². The SMILES string of the molecule is COc1ccc2c3cnn(-c4ccc(C)cc4)c(=O)c3n(C)c2c1. The molecule has 4 rings (SSSR count). The van der Waals surface area contributed by atoms with E-state index in [9.17, 15) is 4.79 Å². The molecule has 0 saturated carbocycles. The van der Waals surface area contributed by atoms with Crippen LogP contribution in [0.25, 0.3) is 27.5 Å². The molecule has 0 N–H and O–H groups in total. The zero-order valence-electron chi connectivity index (χ0n) is 13.8. The minimum Gasteiger partial charge on any atom is -0.497 e. The number of aryl methyl sites for hydroxylation is 2. The highest BCUT2D eigenvalue weighted by atomic mass is 16.5. The van der Waals surface area contributed by atoms with E-state index in [2.05, 4.69) is 5.10 Å². The highest BCUT2D eigenvalue weighted by Crippen LogP contribution is 2.28. The first kappa shape index (κ1) is 14.5.